The number of ether oxygens (including phenoxy) is 1. The Morgan fingerprint density at radius 3 is 2.38 bits per heavy atom. The van der Waals surface area contributed by atoms with Crippen LogP contribution < -0.4 is 10.5 Å². The van der Waals surface area contributed by atoms with Gasteiger partial charge < -0.3 is 10.5 Å². The fourth-order valence-corrected chi connectivity index (χ4v) is 0.919. The van der Waals surface area contributed by atoms with Crippen LogP contribution in [0.1, 0.15) is 5.56 Å². The van der Waals surface area contributed by atoms with Crippen molar-refractivity contribution in [1.29, 1.82) is 0 Å². The fraction of sp³-hybridized carbons (Fsp3) is 0.200. The first kappa shape index (κ1) is 12.0. The van der Waals surface area contributed by atoms with Crippen molar-refractivity contribution in [2.75, 3.05) is 13.7 Å². The first-order valence-corrected chi connectivity index (χ1v) is 3.87. The molecule has 13 heavy (non-hydrogen) atoms. The minimum Gasteiger partial charge on any atom is -0.497 e. The Morgan fingerprint density at radius 1 is 1.31 bits per heavy atom. The first-order chi connectivity index (χ1) is 5.86. The van der Waals surface area contributed by atoms with Crippen LogP contribution in [0.2, 0.25) is 0 Å². The lowest BCUT2D eigenvalue weighted by molar-refractivity contribution is 0.415. The van der Waals surface area contributed by atoms with Crippen LogP contribution in [0.3, 0.4) is 0 Å². The highest BCUT2D eigenvalue weighted by molar-refractivity contribution is 5.85. The second kappa shape index (κ2) is 6.52. The maximum atomic E-state index is 5.32. The van der Waals surface area contributed by atoms with Crippen molar-refractivity contribution in [3.63, 3.8) is 0 Å². The Bertz CT molecular complexity index is 256. The van der Waals surface area contributed by atoms with Gasteiger partial charge in [-0.1, -0.05) is 24.3 Å². The van der Waals surface area contributed by atoms with Crippen molar-refractivity contribution in [3.8, 4) is 5.75 Å². The van der Waals surface area contributed by atoms with Gasteiger partial charge in [-0.2, -0.15) is 0 Å². The van der Waals surface area contributed by atoms with E-state index < -0.39 is 0 Å². The molecule has 0 aliphatic heterocycles. The molecule has 1 aromatic rings. The number of hydrogen-bond donors (Lipinski definition) is 1. The van der Waals surface area contributed by atoms with Crippen LogP contribution >= 0.6 is 12.4 Å². The highest BCUT2D eigenvalue weighted by atomic mass is 35.5. The van der Waals surface area contributed by atoms with Crippen LogP contribution in [0.5, 0.6) is 5.75 Å². The lowest BCUT2D eigenvalue weighted by Gasteiger charge is -1.98. The van der Waals surface area contributed by atoms with E-state index in [4.69, 9.17) is 10.5 Å². The van der Waals surface area contributed by atoms with Crippen molar-refractivity contribution in [1.82, 2.24) is 0 Å². The number of methoxy groups -OCH3 is 1. The van der Waals surface area contributed by atoms with Gasteiger partial charge in [0.1, 0.15) is 5.75 Å². The van der Waals surface area contributed by atoms with Gasteiger partial charge in [0.05, 0.1) is 7.11 Å². The van der Waals surface area contributed by atoms with Crippen molar-refractivity contribution in [2.24, 2.45) is 5.73 Å². The van der Waals surface area contributed by atoms with Gasteiger partial charge in [-0.15, -0.1) is 12.4 Å². The van der Waals surface area contributed by atoms with E-state index in [1.165, 1.54) is 0 Å². The van der Waals surface area contributed by atoms with E-state index in [0.717, 1.165) is 11.3 Å². The highest BCUT2D eigenvalue weighted by Crippen LogP contribution is 2.11. The van der Waals surface area contributed by atoms with Gasteiger partial charge in [0.15, 0.2) is 0 Å². The fourth-order valence-electron chi connectivity index (χ4n) is 0.919. The SMILES string of the molecule is COc1ccc(/C=C/CN)cc1.Cl. The van der Waals surface area contributed by atoms with Crippen LogP contribution in [0.25, 0.3) is 6.08 Å². The summed E-state index contributed by atoms with van der Waals surface area (Å²) in [5.74, 6) is 0.875. The van der Waals surface area contributed by atoms with Crippen LogP contribution in [-0.2, 0) is 0 Å². The second-order valence-corrected chi connectivity index (χ2v) is 2.41. The monoisotopic (exact) mass is 199 g/mol. The van der Waals surface area contributed by atoms with Crippen molar-refractivity contribution in [2.45, 2.75) is 0 Å². The van der Waals surface area contributed by atoms with Gasteiger partial charge in [-0.05, 0) is 17.7 Å². The van der Waals surface area contributed by atoms with E-state index in [1.807, 2.05) is 36.4 Å². The smallest absolute Gasteiger partial charge is 0.118 e. The van der Waals surface area contributed by atoms with E-state index in [-0.39, 0.29) is 12.4 Å². The zero-order valence-corrected chi connectivity index (χ0v) is 8.38. The predicted molar refractivity (Wildman–Crippen MR) is 58.3 cm³/mol. The molecule has 2 nitrogen and oxygen atoms in total. The van der Waals surface area contributed by atoms with E-state index in [9.17, 15) is 0 Å². The largest absolute Gasteiger partial charge is 0.497 e. The normalized spacial score (nSPS) is 9.69. The molecule has 0 spiro atoms. The average molecular weight is 200 g/mol. The van der Waals surface area contributed by atoms with Crippen molar-refractivity contribution in [3.05, 3.63) is 35.9 Å². The minimum atomic E-state index is 0. The van der Waals surface area contributed by atoms with Gasteiger partial charge in [0.2, 0.25) is 0 Å². The third-order valence-corrected chi connectivity index (χ3v) is 1.56. The number of hydrogen-bond acceptors (Lipinski definition) is 2. The van der Waals surface area contributed by atoms with E-state index >= 15 is 0 Å². The van der Waals surface area contributed by atoms with Gasteiger partial charge in [0, 0.05) is 6.54 Å². The lowest BCUT2D eigenvalue weighted by Crippen LogP contribution is -1.91. The molecule has 3 heteroatoms. The maximum Gasteiger partial charge on any atom is 0.118 e. The third-order valence-electron chi connectivity index (χ3n) is 1.56. The number of halogens is 1. The quantitative estimate of drug-likeness (QED) is 0.809. The second-order valence-electron chi connectivity index (χ2n) is 2.41. The van der Waals surface area contributed by atoms with Crippen LogP contribution in [0.15, 0.2) is 30.3 Å². The van der Waals surface area contributed by atoms with Gasteiger partial charge in [0.25, 0.3) is 0 Å². The van der Waals surface area contributed by atoms with Crippen LogP contribution in [0.4, 0.5) is 0 Å². The van der Waals surface area contributed by atoms with Gasteiger partial charge in [-0.25, -0.2) is 0 Å². The minimum absolute atomic E-state index is 0. The number of rotatable bonds is 3. The predicted octanol–water partition coefficient (Wildman–Crippen LogP) is 2.09. The molecule has 72 valence electrons. The summed E-state index contributed by atoms with van der Waals surface area (Å²) >= 11 is 0. The molecule has 0 bridgehead atoms. The van der Waals surface area contributed by atoms with Crippen LogP contribution in [0, 0.1) is 0 Å². The van der Waals surface area contributed by atoms with E-state index in [1.54, 1.807) is 7.11 Å². The Balaban J connectivity index is 0.00000144. The Hall–Kier alpha value is -0.990. The Morgan fingerprint density at radius 2 is 1.92 bits per heavy atom. The summed E-state index contributed by atoms with van der Waals surface area (Å²) in [6.45, 7) is 0.575. The lowest BCUT2D eigenvalue weighted by atomic mass is 10.2. The van der Waals surface area contributed by atoms with E-state index in [0.29, 0.717) is 6.54 Å². The molecule has 0 atom stereocenters. The number of nitrogens with two attached hydrogens (primary N) is 1. The van der Waals surface area contributed by atoms with Crippen LogP contribution in [-0.4, -0.2) is 13.7 Å². The summed E-state index contributed by atoms with van der Waals surface area (Å²) in [6.07, 6.45) is 3.90. The molecule has 0 aliphatic carbocycles. The molecule has 0 radical (unpaired) electrons. The summed E-state index contributed by atoms with van der Waals surface area (Å²) in [5, 5.41) is 0. The van der Waals surface area contributed by atoms with Gasteiger partial charge in [-0.3, -0.25) is 0 Å². The molecule has 0 aromatic heterocycles. The summed E-state index contributed by atoms with van der Waals surface area (Å²) in [7, 11) is 1.66. The molecule has 0 amide bonds. The van der Waals surface area contributed by atoms with Gasteiger partial charge >= 0.3 is 0 Å². The van der Waals surface area contributed by atoms with E-state index in [2.05, 4.69) is 0 Å². The molecule has 0 saturated heterocycles. The molecule has 0 heterocycles. The molecule has 0 unspecified atom stereocenters. The molecule has 0 fully saturated rings. The third kappa shape index (κ3) is 3.97. The molecule has 1 aromatic carbocycles. The molecular weight excluding hydrogens is 186 g/mol. The van der Waals surface area contributed by atoms with Crippen molar-refractivity contribution >= 4 is 18.5 Å². The molecule has 1 rings (SSSR count). The highest BCUT2D eigenvalue weighted by Gasteiger charge is 1.88. The summed E-state index contributed by atoms with van der Waals surface area (Å²) in [4.78, 5) is 0. The summed E-state index contributed by atoms with van der Waals surface area (Å²) in [5.41, 5.74) is 6.46. The zero-order valence-electron chi connectivity index (χ0n) is 7.57. The zero-order chi connectivity index (χ0) is 8.81. The standard InChI is InChI=1S/C10H13NO.ClH/c1-12-10-6-4-9(5-7-10)3-2-8-11;/h2-7H,8,11H2,1H3;1H/b3-2+;. The molecule has 0 saturated carbocycles. The average Bonchev–Trinajstić information content (AvgIpc) is 2.15. The summed E-state index contributed by atoms with van der Waals surface area (Å²) < 4.78 is 5.02. The number of benzene rings is 1. The molecular formula is C10H14ClNO. The molecule has 2 N–H and O–H groups in total. The Labute approximate surface area is 84.8 Å². The first-order valence-electron chi connectivity index (χ1n) is 3.87. The topological polar surface area (TPSA) is 35.2 Å². The summed E-state index contributed by atoms with van der Waals surface area (Å²) in [6, 6.07) is 7.84. The Kier molecular flexibility index (Phi) is 6.02. The molecule has 0 aliphatic rings. The maximum absolute atomic E-state index is 5.32. The van der Waals surface area contributed by atoms with Crippen molar-refractivity contribution < 1.29 is 4.74 Å².